The molecule has 0 atom stereocenters. The van der Waals surface area contributed by atoms with Crippen LogP contribution in [0.2, 0.25) is 0 Å². The Balaban J connectivity index is 0.000000193. The van der Waals surface area contributed by atoms with E-state index in [1.165, 1.54) is 11.1 Å². The first kappa shape index (κ1) is 37.9. The van der Waals surface area contributed by atoms with Crippen LogP contribution in [0.3, 0.4) is 0 Å². The predicted octanol–water partition coefficient (Wildman–Crippen LogP) is 9.21. The number of hydrogen-bond acceptors (Lipinski definition) is 6. The van der Waals surface area contributed by atoms with Crippen molar-refractivity contribution >= 4 is 37.6 Å². The van der Waals surface area contributed by atoms with Crippen LogP contribution < -0.4 is 4.65 Å². The van der Waals surface area contributed by atoms with Crippen LogP contribution in [0.5, 0.6) is 5.75 Å². The van der Waals surface area contributed by atoms with E-state index in [4.69, 9.17) is 29.7 Å². The monoisotopic (exact) mass is 718 g/mol. The number of rotatable bonds is 5. The van der Waals surface area contributed by atoms with E-state index in [2.05, 4.69) is 64.5 Å². The molecular weight excluding hydrogens is 672 g/mol. The fraction of sp³-hybridized carbons (Fsp3) is 0.351. The van der Waals surface area contributed by atoms with Crippen molar-refractivity contribution in [3.63, 3.8) is 0 Å². The van der Waals surface area contributed by atoms with Gasteiger partial charge in [0.05, 0.1) is 30.9 Å². The molecule has 2 fully saturated rings. The first-order valence-electron chi connectivity index (χ1n) is 16.4. The van der Waals surface area contributed by atoms with Gasteiger partial charge >= 0.3 is 21.7 Å². The van der Waals surface area contributed by atoms with Gasteiger partial charge in [-0.05, 0) is 102 Å². The number of halogens is 2. The van der Waals surface area contributed by atoms with Crippen LogP contribution in [0, 0.1) is 0 Å². The van der Waals surface area contributed by atoms with Gasteiger partial charge in [0.15, 0.2) is 0 Å². The molecule has 11 heteroatoms. The van der Waals surface area contributed by atoms with Gasteiger partial charge in [-0.1, -0.05) is 101 Å². The zero-order valence-corrected chi connectivity index (χ0v) is 30.7. The van der Waals surface area contributed by atoms with Gasteiger partial charge in [0.1, 0.15) is 5.75 Å². The Bertz CT molecular complexity index is 1480. The van der Waals surface area contributed by atoms with Crippen LogP contribution in [0.4, 0.5) is 4.39 Å². The second kappa shape index (κ2) is 17.1. The molecule has 48 heavy (non-hydrogen) atoms. The van der Waals surface area contributed by atoms with Crippen LogP contribution in [0.25, 0.3) is 22.3 Å². The summed E-state index contributed by atoms with van der Waals surface area (Å²) in [5, 5.41) is 8.46. The van der Waals surface area contributed by atoms with Crippen molar-refractivity contribution in [3.05, 3.63) is 114 Å². The van der Waals surface area contributed by atoms with Crippen LogP contribution in [0.15, 0.2) is 114 Å². The zero-order valence-electron chi connectivity index (χ0n) is 30.1. The quantitative estimate of drug-likeness (QED) is 0.208. The van der Waals surface area contributed by atoms with Gasteiger partial charge in [-0.25, -0.2) is 0 Å². The van der Waals surface area contributed by atoms with Gasteiger partial charge in [0.2, 0.25) is 0 Å². The molecule has 6 rings (SSSR count). The molecule has 2 aliphatic rings. The molecule has 2 aliphatic heterocycles. The Morgan fingerprint density at radius 1 is 0.583 bits per heavy atom. The summed E-state index contributed by atoms with van der Waals surface area (Å²) >= 11 is 3.42. The van der Waals surface area contributed by atoms with Crippen molar-refractivity contribution < 1.29 is 34.1 Å². The van der Waals surface area contributed by atoms with Crippen LogP contribution >= 0.6 is 15.9 Å². The molecule has 2 saturated heterocycles. The number of benzene rings is 4. The van der Waals surface area contributed by atoms with E-state index in [9.17, 15) is 4.39 Å². The van der Waals surface area contributed by atoms with E-state index in [-0.39, 0.29) is 22.4 Å². The molecule has 2 heterocycles. The predicted molar refractivity (Wildman–Crippen MR) is 199 cm³/mol. The molecule has 0 aromatic heterocycles. The lowest BCUT2D eigenvalue weighted by atomic mass is 9.49. The molecule has 0 aliphatic carbocycles. The summed E-state index contributed by atoms with van der Waals surface area (Å²) in [6.45, 7) is 16.2. The molecular formula is C37H46B3BrFO6. The minimum Gasteiger partial charge on any atom is -0.537 e. The van der Waals surface area contributed by atoms with Gasteiger partial charge in [-0.15, -0.1) is 0 Å². The summed E-state index contributed by atoms with van der Waals surface area (Å²) in [5.41, 5.74) is 3.36. The molecule has 253 valence electrons. The zero-order chi connectivity index (χ0) is 36.3. The van der Waals surface area contributed by atoms with Crippen molar-refractivity contribution in [2.24, 2.45) is 0 Å². The van der Waals surface area contributed by atoms with Crippen molar-refractivity contribution in [3.8, 4) is 28.0 Å². The van der Waals surface area contributed by atoms with Crippen LogP contribution in [-0.4, -0.2) is 56.3 Å². The van der Waals surface area contributed by atoms with Gasteiger partial charge in [-0.2, -0.15) is 0 Å². The average Bonchev–Trinajstić information content (AvgIpc) is 3.43. The summed E-state index contributed by atoms with van der Waals surface area (Å²) in [6.07, 6.45) is 0. The van der Waals surface area contributed by atoms with E-state index < -0.39 is 21.2 Å². The lowest BCUT2D eigenvalue weighted by molar-refractivity contribution is 0.00578. The molecule has 0 saturated carbocycles. The smallest absolute Gasteiger partial charge is 0.537 e. The highest BCUT2D eigenvalue weighted by Gasteiger charge is 2.63. The second-order valence-corrected chi connectivity index (χ2v) is 14.2. The summed E-state index contributed by atoms with van der Waals surface area (Å²) in [4.78, 5) is 0. The van der Waals surface area contributed by atoms with Crippen molar-refractivity contribution in [2.75, 3.05) is 7.15 Å². The minimum atomic E-state index is -1.00. The fourth-order valence-corrected chi connectivity index (χ4v) is 4.95. The van der Waals surface area contributed by atoms with E-state index in [0.717, 1.165) is 15.6 Å². The lowest BCUT2D eigenvalue weighted by Gasteiger charge is -2.32. The Morgan fingerprint density at radius 3 is 1.19 bits per heavy atom. The minimum absolute atomic E-state index is 0.360. The Hall–Kier alpha value is -2.92. The molecule has 4 aromatic carbocycles. The lowest BCUT2D eigenvalue weighted by Crippen LogP contribution is -2.41. The van der Waals surface area contributed by atoms with E-state index >= 15 is 0 Å². The average molecular weight is 719 g/mol. The second-order valence-electron chi connectivity index (χ2n) is 13.2. The highest BCUT2D eigenvalue weighted by atomic mass is 79.9. The molecule has 0 spiro atoms. The highest BCUT2D eigenvalue weighted by Crippen LogP contribution is 2.43. The van der Waals surface area contributed by atoms with Crippen molar-refractivity contribution in [1.29, 1.82) is 0 Å². The van der Waals surface area contributed by atoms with Gasteiger partial charge < -0.3 is 28.3 Å². The summed E-state index contributed by atoms with van der Waals surface area (Å²) in [6, 6.07) is 36.3. The Labute approximate surface area is 297 Å². The standard InChI is InChI=1S/C12H24B2O4.C12H10BO2.C12H9Br.CH3F/c1-9(2)10(3,4)16-13(15-9)14-17-11(5,6)12(7,8)18-14;14-13-15-12-8-6-11(7-9-12)10-4-2-1-3-5-10;13-12-8-6-11(7-9-12)10-4-2-1-3-5-10;1-2/h1-8H3;1-9,14H;1-9H;1H3/i;;;1D. The third-order valence-electron chi connectivity index (χ3n) is 8.87. The fourth-order valence-electron chi connectivity index (χ4n) is 4.69. The third-order valence-corrected chi connectivity index (χ3v) is 9.40. The molecule has 1 radical (unpaired) electrons. The van der Waals surface area contributed by atoms with Crippen LogP contribution in [0.1, 0.15) is 56.8 Å². The Morgan fingerprint density at radius 2 is 0.875 bits per heavy atom. The first-order chi connectivity index (χ1) is 23.1. The maximum absolute atomic E-state index is 9.96. The maximum atomic E-state index is 9.96. The SMILES string of the molecule is Brc1ccc(-c2ccccc2)cc1.CC1(C)OB(B2OC(C)(C)C(C)(C)O2)OC1(C)C.O[B]Oc1ccc(-c2ccccc2)cc1.[2H]CF. The van der Waals surface area contributed by atoms with Gasteiger partial charge in [-0.3, -0.25) is 4.39 Å². The summed E-state index contributed by atoms with van der Waals surface area (Å²) in [7, 11) is -1.27. The van der Waals surface area contributed by atoms with Crippen LogP contribution in [-0.2, 0) is 18.6 Å². The third kappa shape index (κ3) is 10.3. The molecule has 0 unspecified atom stereocenters. The summed E-state index contributed by atoms with van der Waals surface area (Å²) in [5.74, 6) is 0.622. The highest BCUT2D eigenvalue weighted by molar-refractivity contribution is 9.10. The normalized spacial score (nSPS) is 18.1. The molecule has 1 N–H and O–H groups in total. The van der Waals surface area contributed by atoms with E-state index in [1.54, 1.807) is 0 Å². The molecule has 4 aromatic rings. The van der Waals surface area contributed by atoms with E-state index in [1.807, 2.05) is 116 Å². The topological polar surface area (TPSA) is 66.4 Å². The number of hydrogen-bond donors (Lipinski definition) is 1. The van der Waals surface area contributed by atoms with E-state index in [0.29, 0.717) is 13.4 Å². The molecule has 0 amide bonds. The summed E-state index contributed by atoms with van der Waals surface area (Å²) < 4.78 is 45.3. The Kier molecular flexibility index (Phi) is 13.5. The maximum Gasteiger partial charge on any atom is 0.569 e. The van der Waals surface area contributed by atoms with Crippen molar-refractivity contribution in [1.82, 2.24) is 0 Å². The largest absolute Gasteiger partial charge is 0.569 e. The van der Waals surface area contributed by atoms with Crippen molar-refractivity contribution in [2.45, 2.75) is 77.8 Å². The molecule has 6 nitrogen and oxygen atoms in total. The van der Waals surface area contributed by atoms with Gasteiger partial charge in [0, 0.05) is 4.47 Å². The molecule has 0 bridgehead atoms. The first-order valence-corrected chi connectivity index (χ1v) is 16.5. The van der Waals surface area contributed by atoms with Gasteiger partial charge in [0.25, 0.3) is 0 Å². The number of alkyl halides is 1.